The standard InChI is InChI=1S/C30H42N4O7/c1-18(32-28(38)21-10-13-25(35)31-16-21)27(37)34-24(15-20-8-11-22(40-3)12-9-20)29(39)33-23(14-19-6-4-5-7-19)26(36)30(2)17-41-30/h8-9,11-12,18-19,21,23-24H,4-7,10,13-17H2,1-3H3,(H,31,35)(H,32,38)(H,33,39)(H,34,37)/t18-,21+,23+,24+,30-/m1/s1. The maximum Gasteiger partial charge on any atom is 0.243 e. The molecule has 1 saturated carbocycles. The zero-order chi connectivity index (χ0) is 29.6. The molecular formula is C30H42N4O7. The summed E-state index contributed by atoms with van der Waals surface area (Å²) in [5.74, 6) is -0.980. The smallest absolute Gasteiger partial charge is 0.243 e. The molecule has 41 heavy (non-hydrogen) atoms. The molecule has 2 saturated heterocycles. The Bertz CT molecular complexity index is 1120. The van der Waals surface area contributed by atoms with Crippen LogP contribution >= 0.6 is 0 Å². The fraction of sp³-hybridized carbons (Fsp3) is 0.633. The molecule has 0 radical (unpaired) electrons. The van der Waals surface area contributed by atoms with E-state index in [0.29, 0.717) is 31.1 Å². The van der Waals surface area contributed by atoms with Crippen LogP contribution in [0.1, 0.15) is 64.4 Å². The summed E-state index contributed by atoms with van der Waals surface area (Å²) in [6, 6.07) is 4.55. The van der Waals surface area contributed by atoms with Crippen molar-refractivity contribution in [1.82, 2.24) is 21.3 Å². The molecule has 0 bridgehead atoms. The van der Waals surface area contributed by atoms with Crippen LogP contribution in [0.3, 0.4) is 0 Å². The molecule has 4 rings (SSSR count). The number of ether oxygens (including phenoxy) is 2. The molecule has 0 unspecified atom stereocenters. The molecule has 3 aliphatic rings. The van der Waals surface area contributed by atoms with Crippen LogP contribution in [0.25, 0.3) is 0 Å². The zero-order valence-electron chi connectivity index (χ0n) is 24.1. The van der Waals surface area contributed by atoms with Gasteiger partial charge in [0.2, 0.25) is 23.6 Å². The Morgan fingerprint density at radius 3 is 2.27 bits per heavy atom. The predicted octanol–water partition coefficient (Wildman–Crippen LogP) is 1.18. The first-order valence-electron chi connectivity index (χ1n) is 14.6. The van der Waals surface area contributed by atoms with E-state index in [2.05, 4.69) is 21.3 Å². The molecule has 0 aromatic heterocycles. The Morgan fingerprint density at radius 1 is 1.02 bits per heavy atom. The van der Waals surface area contributed by atoms with Crippen molar-refractivity contribution in [2.75, 3.05) is 20.3 Å². The number of hydrogen-bond donors (Lipinski definition) is 4. The molecule has 4 N–H and O–H groups in total. The Balaban J connectivity index is 1.45. The second-order valence-electron chi connectivity index (χ2n) is 11.7. The third-order valence-corrected chi connectivity index (χ3v) is 8.40. The Kier molecular flexibility index (Phi) is 10.0. The lowest BCUT2D eigenvalue weighted by atomic mass is 9.90. The second kappa shape index (κ2) is 13.5. The lowest BCUT2D eigenvalue weighted by Crippen LogP contribution is -2.57. The SMILES string of the molecule is COc1ccc(C[C@H](NC(=O)[C@@H](C)NC(=O)[C@H]2CCC(=O)NC2)C(=O)N[C@@H](CC2CCCC2)C(=O)[C@@]2(C)CO2)cc1. The largest absolute Gasteiger partial charge is 0.497 e. The van der Waals surface area contributed by atoms with Crippen LogP contribution < -0.4 is 26.0 Å². The summed E-state index contributed by atoms with van der Waals surface area (Å²) in [5, 5.41) is 11.1. The maximum absolute atomic E-state index is 13.7. The predicted molar refractivity (Wildman–Crippen MR) is 150 cm³/mol. The average molecular weight is 571 g/mol. The van der Waals surface area contributed by atoms with Crippen molar-refractivity contribution < 1.29 is 33.4 Å². The van der Waals surface area contributed by atoms with Gasteiger partial charge in [-0.15, -0.1) is 0 Å². The summed E-state index contributed by atoms with van der Waals surface area (Å²) in [6.45, 7) is 3.84. The minimum absolute atomic E-state index is 0.0980. The number of carbonyl (C=O) groups excluding carboxylic acids is 5. The van der Waals surface area contributed by atoms with E-state index >= 15 is 0 Å². The highest BCUT2D eigenvalue weighted by Crippen LogP contribution is 2.33. The van der Waals surface area contributed by atoms with Gasteiger partial charge in [-0.3, -0.25) is 24.0 Å². The van der Waals surface area contributed by atoms with Gasteiger partial charge in [0.15, 0.2) is 5.78 Å². The molecule has 224 valence electrons. The van der Waals surface area contributed by atoms with Crippen molar-refractivity contribution in [3.8, 4) is 5.75 Å². The van der Waals surface area contributed by atoms with Crippen LogP contribution in [0.5, 0.6) is 5.75 Å². The van der Waals surface area contributed by atoms with Crippen molar-refractivity contribution >= 4 is 29.4 Å². The van der Waals surface area contributed by atoms with Crippen LogP contribution in [-0.2, 0) is 35.1 Å². The van der Waals surface area contributed by atoms with Gasteiger partial charge in [0, 0.05) is 19.4 Å². The molecule has 2 aliphatic heterocycles. The van der Waals surface area contributed by atoms with E-state index in [9.17, 15) is 24.0 Å². The normalized spacial score (nSPS) is 24.4. The van der Waals surface area contributed by atoms with Crippen molar-refractivity contribution in [2.24, 2.45) is 11.8 Å². The Labute approximate surface area is 240 Å². The molecule has 2 heterocycles. The monoisotopic (exact) mass is 570 g/mol. The number of methoxy groups -OCH3 is 1. The van der Waals surface area contributed by atoms with E-state index in [4.69, 9.17) is 9.47 Å². The number of ketones is 1. The summed E-state index contributed by atoms with van der Waals surface area (Å²) >= 11 is 0. The van der Waals surface area contributed by atoms with E-state index in [1.54, 1.807) is 33.1 Å². The fourth-order valence-corrected chi connectivity index (χ4v) is 5.56. The summed E-state index contributed by atoms with van der Waals surface area (Å²) < 4.78 is 10.6. The first kappa shape index (κ1) is 30.5. The molecule has 11 heteroatoms. The highest BCUT2D eigenvalue weighted by molar-refractivity contribution is 5.98. The topological polar surface area (TPSA) is 155 Å². The second-order valence-corrected chi connectivity index (χ2v) is 11.7. The number of benzene rings is 1. The number of rotatable bonds is 13. The first-order chi connectivity index (χ1) is 19.6. The van der Waals surface area contributed by atoms with Gasteiger partial charge < -0.3 is 30.7 Å². The molecule has 1 aromatic rings. The van der Waals surface area contributed by atoms with Crippen LogP contribution in [0.4, 0.5) is 0 Å². The number of carbonyl (C=O) groups is 5. The Hall–Kier alpha value is -3.47. The number of hydrogen-bond acceptors (Lipinski definition) is 7. The van der Waals surface area contributed by atoms with Crippen LogP contribution in [-0.4, -0.2) is 73.4 Å². The highest BCUT2D eigenvalue weighted by Gasteiger charge is 2.50. The number of nitrogens with one attached hydrogen (secondary N) is 4. The fourth-order valence-electron chi connectivity index (χ4n) is 5.56. The van der Waals surface area contributed by atoms with Gasteiger partial charge in [-0.1, -0.05) is 37.8 Å². The quantitative estimate of drug-likeness (QED) is 0.260. The molecule has 1 aliphatic carbocycles. The molecule has 5 atom stereocenters. The van der Waals surface area contributed by atoms with Crippen LogP contribution in [0.15, 0.2) is 24.3 Å². The summed E-state index contributed by atoms with van der Waals surface area (Å²) in [7, 11) is 1.56. The number of amides is 4. The minimum atomic E-state index is -0.990. The molecule has 3 fully saturated rings. The number of Topliss-reactive ketones (excluding diaryl/α,β-unsaturated/α-hetero) is 1. The van der Waals surface area contributed by atoms with Crippen molar-refractivity contribution in [2.45, 2.75) is 88.9 Å². The summed E-state index contributed by atoms with van der Waals surface area (Å²) in [5.41, 5.74) is -0.0973. The summed E-state index contributed by atoms with van der Waals surface area (Å²) in [6.07, 6.45) is 5.64. The molecule has 0 spiro atoms. The van der Waals surface area contributed by atoms with Crippen molar-refractivity contribution in [1.29, 1.82) is 0 Å². The Morgan fingerprint density at radius 2 is 1.68 bits per heavy atom. The number of piperidine rings is 1. The van der Waals surface area contributed by atoms with Crippen LogP contribution in [0, 0.1) is 11.8 Å². The molecule has 4 amide bonds. The van der Waals surface area contributed by atoms with E-state index < -0.39 is 41.5 Å². The highest BCUT2D eigenvalue weighted by atomic mass is 16.6. The minimum Gasteiger partial charge on any atom is -0.497 e. The van der Waals surface area contributed by atoms with Gasteiger partial charge in [-0.2, -0.15) is 0 Å². The van der Waals surface area contributed by atoms with Crippen LogP contribution in [0.2, 0.25) is 0 Å². The number of epoxide rings is 1. The van der Waals surface area contributed by atoms with E-state index in [1.165, 1.54) is 0 Å². The van der Waals surface area contributed by atoms with Gasteiger partial charge in [0.25, 0.3) is 0 Å². The molecule has 1 aromatic carbocycles. The van der Waals surface area contributed by atoms with Crippen molar-refractivity contribution in [3.05, 3.63) is 29.8 Å². The summed E-state index contributed by atoms with van der Waals surface area (Å²) in [4.78, 5) is 64.3. The van der Waals surface area contributed by atoms with Gasteiger partial charge in [-0.25, -0.2) is 0 Å². The van der Waals surface area contributed by atoms with Gasteiger partial charge in [0.1, 0.15) is 23.4 Å². The van der Waals surface area contributed by atoms with Gasteiger partial charge >= 0.3 is 0 Å². The molecular weight excluding hydrogens is 528 g/mol. The van der Waals surface area contributed by atoms with Gasteiger partial charge in [0.05, 0.1) is 25.7 Å². The van der Waals surface area contributed by atoms with Gasteiger partial charge in [-0.05, 0) is 50.3 Å². The average Bonchev–Trinajstić information content (AvgIpc) is 3.50. The first-order valence-corrected chi connectivity index (χ1v) is 14.6. The lowest BCUT2D eigenvalue weighted by Gasteiger charge is -2.27. The van der Waals surface area contributed by atoms with E-state index in [1.807, 2.05) is 12.1 Å². The lowest BCUT2D eigenvalue weighted by molar-refractivity contribution is -0.135. The zero-order valence-corrected chi connectivity index (χ0v) is 24.1. The molecule has 11 nitrogen and oxygen atoms in total. The van der Waals surface area contributed by atoms with E-state index in [0.717, 1.165) is 31.2 Å². The third-order valence-electron chi connectivity index (χ3n) is 8.40. The maximum atomic E-state index is 13.7. The third kappa shape index (κ3) is 8.28. The van der Waals surface area contributed by atoms with E-state index in [-0.39, 0.29) is 37.0 Å². The van der Waals surface area contributed by atoms with Crippen molar-refractivity contribution in [3.63, 3.8) is 0 Å².